The first kappa shape index (κ1) is 21.8. The summed E-state index contributed by atoms with van der Waals surface area (Å²) in [5.74, 6) is 1.39. The molecule has 7 heteroatoms. The van der Waals surface area contributed by atoms with Crippen molar-refractivity contribution in [3.63, 3.8) is 0 Å². The van der Waals surface area contributed by atoms with E-state index in [-0.39, 0.29) is 5.92 Å². The molecule has 158 valence electrons. The first-order valence-electron chi connectivity index (χ1n) is 10.0. The summed E-state index contributed by atoms with van der Waals surface area (Å²) >= 11 is 0. The van der Waals surface area contributed by atoms with Crippen LogP contribution in [0.4, 0.5) is 23.1 Å². The van der Waals surface area contributed by atoms with Crippen LogP contribution in [0.3, 0.4) is 0 Å². The van der Waals surface area contributed by atoms with Gasteiger partial charge in [0.05, 0.1) is 17.3 Å². The molecule has 0 aliphatic heterocycles. The average Bonchev–Trinajstić information content (AvgIpc) is 2.75. The van der Waals surface area contributed by atoms with Crippen LogP contribution in [0, 0.1) is 31.1 Å². The summed E-state index contributed by atoms with van der Waals surface area (Å²) in [6.07, 6.45) is 1.70. The van der Waals surface area contributed by atoms with Gasteiger partial charge in [0.2, 0.25) is 5.95 Å². The van der Waals surface area contributed by atoms with Gasteiger partial charge in [-0.3, -0.25) is 0 Å². The Morgan fingerprint density at radius 2 is 1.74 bits per heavy atom. The van der Waals surface area contributed by atoms with Gasteiger partial charge in [0.15, 0.2) is 0 Å². The second kappa shape index (κ2) is 9.72. The lowest BCUT2D eigenvalue weighted by atomic mass is 9.95. The fourth-order valence-corrected chi connectivity index (χ4v) is 3.27. The Labute approximate surface area is 182 Å². The van der Waals surface area contributed by atoms with E-state index in [0.29, 0.717) is 17.3 Å². The van der Waals surface area contributed by atoms with Crippen molar-refractivity contribution in [1.29, 1.82) is 5.26 Å². The van der Waals surface area contributed by atoms with Gasteiger partial charge in [-0.2, -0.15) is 10.2 Å². The average molecular weight is 415 g/mol. The van der Waals surface area contributed by atoms with Crippen molar-refractivity contribution in [2.24, 2.45) is 11.1 Å². The van der Waals surface area contributed by atoms with Crippen molar-refractivity contribution in [3.05, 3.63) is 70.9 Å². The summed E-state index contributed by atoms with van der Waals surface area (Å²) in [7, 11) is 1.57. The minimum Gasteiger partial charge on any atom is -0.399 e. The van der Waals surface area contributed by atoms with Gasteiger partial charge in [0, 0.05) is 23.1 Å². The van der Waals surface area contributed by atoms with Crippen LogP contribution in [0.1, 0.15) is 36.1 Å². The Hall–Kier alpha value is -3.92. The lowest BCUT2D eigenvalue weighted by Crippen LogP contribution is -2.11. The minimum absolute atomic E-state index is 0.246. The number of nitriles is 1. The van der Waals surface area contributed by atoms with Crippen LogP contribution in [0.2, 0.25) is 0 Å². The van der Waals surface area contributed by atoms with Crippen molar-refractivity contribution in [2.45, 2.75) is 27.7 Å². The summed E-state index contributed by atoms with van der Waals surface area (Å²) in [5, 5.41) is 19.7. The maximum Gasteiger partial charge on any atom is 0.229 e. The number of hydrogen-bond donors (Lipinski definition) is 2. The van der Waals surface area contributed by atoms with Gasteiger partial charge in [0.1, 0.15) is 12.9 Å². The summed E-state index contributed by atoms with van der Waals surface area (Å²) < 4.78 is 0. The van der Waals surface area contributed by atoms with Crippen molar-refractivity contribution in [3.8, 4) is 6.07 Å². The topological polar surface area (TPSA) is 95.2 Å². The molecule has 1 heterocycles. The van der Waals surface area contributed by atoms with Crippen LogP contribution >= 0.6 is 0 Å². The zero-order valence-corrected chi connectivity index (χ0v) is 18.4. The maximum absolute atomic E-state index is 8.92. The molecule has 2 N–H and O–H groups in total. The number of aromatic nitrogens is 2. The lowest BCUT2D eigenvalue weighted by molar-refractivity contribution is 0.212. The van der Waals surface area contributed by atoms with Gasteiger partial charge in [-0.1, -0.05) is 19.0 Å². The third-order valence-electron chi connectivity index (χ3n) is 4.74. The molecule has 0 saturated heterocycles. The van der Waals surface area contributed by atoms with E-state index < -0.39 is 0 Å². The third-order valence-corrected chi connectivity index (χ3v) is 4.74. The normalized spacial score (nSPS) is 11.2. The molecule has 0 spiro atoms. The van der Waals surface area contributed by atoms with Crippen molar-refractivity contribution in [2.75, 3.05) is 17.7 Å². The summed E-state index contributed by atoms with van der Waals surface area (Å²) in [6, 6.07) is 15.3. The van der Waals surface area contributed by atoms with Crippen molar-refractivity contribution in [1.82, 2.24) is 9.97 Å². The largest absolute Gasteiger partial charge is 0.399 e. The van der Waals surface area contributed by atoms with E-state index >= 15 is 0 Å². The minimum atomic E-state index is 0.246. The van der Waals surface area contributed by atoms with Gasteiger partial charge in [-0.15, -0.1) is 0 Å². The summed E-state index contributed by atoms with van der Waals surface area (Å²) in [5.41, 5.74) is 6.53. The van der Waals surface area contributed by atoms with Gasteiger partial charge >= 0.3 is 0 Å². The monoisotopic (exact) mass is 414 g/mol. The van der Waals surface area contributed by atoms with E-state index in [1.165, 1.54) is 0 Å². The molecule has 7 nitrogen and oxygen atoms in total. The molecule has 0 saturated carbocycles. The number of oxime groups is 1. The third kappa shape index (κ3) is 5.37. The molecule has 0 bridgehead atoms. The predicted molar refractivity (Wildman–Crippen MR) is 124 cm³/mol. The molecule has 2 aromatic carbocycles. The molecular formula is C24H26N6O. The van der Waals surface area contributed by atoms with E-state index in [1.807, 2.05) is 18.2 Å². The molecule has 0 aliphatic carbocycles. The summed E-state index contributed by atoms with van der Waals surface area (Å²) in [4.78, 5) is 13.9. The van der Waals surface area contributed by atoms with E-state index in [4.69, 9.17) is 10.1 Å². The highest BCUT2D eigenvalue weighted by atomic mass is 16.6. The van der Waals surface area contributed by atoms with Crippen LogP contribution < -0.4 is 10.6 Å². The first-order chi connectivity index (χ1) is 14.9. The zero-order valence-electron chi connectivity index (χ0n) is 18.4. The van der Waals surface area contributed by atoms with Crippen LogP contribution in [-0.2, 0) is 4.84 Å². The van der Waals surface area contributed by atoms with Crippen molar-refractivity contribution >= 4 is 28.9 Å². The Bertz CT molecular complexity index is 1110. The smallest absolute Gasteiger partial charge is 0.229 e. The summed E-state index contributed by atoms with van der Waals surface area (Å²) in [6.45, 7) is 8.30. The second-order valence-corrected chi connectivity index (χ2v) is 7.50. The molecule has 0 unspecified atom stereocenters. The van der Waals surface area contributed by atoms with Gasteiger partial charge in [-0.25, -0.2) is 4.98 Å². The van der Waals surface area contributed by atoms with Crippen LogP contribution in [0.5, 0.6) is 0 Å². The molecule has 0 atom stereocenters. The predicted octanol–water partition coefficient (Wildman–Crippen LogP) is 5.46. The number of anilines is 4. The van der Waals surface area contributed by atoms with Gasteiger partial charge in [-0.05, 0) is 73.4 Å². The number of nitrogens with zero attached hydrogens (tertiary/aromatic N) is 4. The van der Waals surface area contributed by atoms with E-state index in [1.54, 1.807) is 25.4 Å². The molecular weight excluding hydrogens is 388 g/mol. The maximum atomic E-state index is 8.92. The van der Waals surface area contributed by atoms with Gasteiger partial charge in [0.25, 0.3) is 0 Å². The lowest BCUT2D eigenvalue weighted by Gasteiger charge is -2.17. The van der Waals surface area contributed by atoms with E-state index in [2.05, 4.69) is 71.7 Å². The zero-order chi connectivity index (χ0) is 22.4. The van der Waals surface area contributed by atoms with Crippen LogP contribution in [0.15, 0.2) is 53.8 Å². The Morgan fingerprint density at radius 1 is 1.06 bits per heavy atom. The molecule has 0 aliphatic rings. The fraction of sp³-hybridized carbons (Fsp3) is 0.250. The quantitative estimate of drug-likeness (QED) is 0.394. The number of hydrogen-bond acceptors (Lipinski definition) is 7. The Kier molecular flexibility index (Phi) is 6.83. The molecule has 31 heavy (non-hydrogen) atoms. The molecule has 1 aromatic heterocycles. The first-order valence-corrected chi connectivity index (χ1v) is 10.0. The number of benzene rings is 2. The van der Waals surface area contributed by atoms with Gasteiger partial charge < -0.3 is 15.5 Å². The van der Waals surface area contributed by atoms with Crippen molar-refractivity contribution < 1.29 is 4.84 Å². The number of rotatable bonds is 7. The molecule has 0 radical (unpaired) electrons. The Balaban J connectivity index is 1.83. The molecule has 0 fully saturated rings. The number of nitrogens with one attached hydrogen (secondary N) is 2. The standard InChI is InChI=1S/C24H26N6O/c1-15(2)22(30-31-5)19-12-16(3)23(17(4)13-19)28-21-10-11-26-24(29-21)27-20-8-6-18(14-25)7-9-20/h6-13,15H,1-5H3,(H2,26,27,28,29). The number of aryl methyl sites for hydroxylation is 2. The highest BCUT2D eigenvalue weighted by molar-refractivity contribution is 6.02. The van der Waals surface area contributed by atoms with Crippen LogP contribution in [0.25, 0.3) is 0 Å². The molecule has 0 amide bonds. The highest BCUT2D eigenvalue weighted by Gasteiger charge is 2.14. The van der Waals surface area contributed by atoms with E-state index in [9.17, 15) is 0 Å². The highest BCUT2D eigenvalue weighted by Crippen LogP contribution is 2.27. The Morgan fingerprint density at radius 3 is 2.32 bits per heavy atom. The fourth-order valence-electron chi connectivity index (χ4n) is 3.27. The second-order valence-electron chi connectivity index (χ2n) is 7.50. The molecule has 3 aromatic rings. The SMILES string of the molecule is CON=C(c1cc(C)c(Nc2ccnc(Nc3ccc(C#N)cc3)n2)c(C)c1)C(C)C. The molecule has 3 rings (SSSR count). The van der Waals surface area contributed by atoms with E-state index in [0.717, 1.165) is 33.8 Å². The van der Waals surface area contributed by atoms with Crippen LogP contribution in [-0.4, -0.2) is 22.8 Å².